The van der Waals surface area contributed by atoms with Crippen LogP contribution in [0.15, 0.2) is 53.9 Å². The second kappa shape index (κ2) is 8.60. The number of amides is 1. The fourth-order valence-corrected chi connectivity index (χ4v) is 3.07. The zero-order chi connectivity index (χ0) is 18.3. The lowest BCUT2D eigenvalue weighted by Gasteiger charge is -2.09. The molecule has 0 atom stereocenters. The Morgan fingerprint density at radius 3 is 2.48 bits per heavy atom. The Morgan fingerprint density at radius 2 is 1.80 bits per heavy atom. The van der Waals surface area contributed by atoms with Gasteiger partial charge in [-0.15, -0.1) is 0 Å². The van der Waals surface area contributed by atoms with E-state index in [1.54, 1.807) is 0 Å². The van der Waals surface area contributed by atoms with Crippen LogP contribution in [0, 0.1) is 13.8 Å². The van der Waals surface area contributed by atoms with Gasteiger partial charge in [0, 0.05) is 24.1 Å². The molecule has 0 saturated carbocycles. The molecule has 0 aliphatic heterocycles. The van der Waals surface area contributed by atoms with Crippen molar-refractivity contribution in [1.29, 1.82) is 0 Å². The van der Waals surface area contributed by atoms with Crippen LogP contribution in [0.1, 0.15) is 23.1 Å². The molecule has 0 fully saturated rings. The summed E-state index contributed by atoms with van der Waals surface area (Å²) >= 11 is 0. The SMILES string of the molecule is Cc1ccc(NC(=O)CCNS(=O)(=O)/C=C/c2ccccc2)c(C)c1. The highest BCUT2D eigenvalue weighted by molar-refractivity contribution is 7.92. The molecule has 0 bridgehead atoms. The summed E-state index contributed by atoms with van der Waals surface area (Å²) in [6, 6.07) is 14.9. The predicted molar refractivity (Wildman–Crippen MR) is 102 cm³/mol. The largest absolute Gasteiger partial charge is 0.326 e. The van der Waals surface area contributed by atoms with E-state index in [9.17, 15) is 13.2 Å². The van der Waals surface area contributed by atoms with Crippen LogP contribution in [0.2, 0.25) is 0 Å². The highest BCUT2D eigenvalue weighted by Gasteiger charge is 2.08. The Labute approximate surface area is 148 Å². The van der Waals surface area contributed by atoms with Gasteiger partial charge in [0.1, 0.15) is 0 Å². The number of aryl methyl sites for hydroxylation is 2. The van der Waals surface area contributed by atoms with Crippen LogP contribution in [0.25, 0.3) is 6.08 Å². The van der Waals surface area contributed by atoms with Crippen molar-refractivity contribution in [2.24, 2.45) is 0 Å². The quantitative estimate of drug-likeness (QED) is 0.798. The van der Waals surface area contributed by atoms with E-state index in [1.807, 2.05) is 62.4 Å². The maximum atomic E-state index is 12.0. The Balaban J connectivity index is 1.82. The third kappa shape index (κ3) is 6.52. The summed E-state index contributed by atoms with van der Waals surface area (Å²) in [5, 5.41) is 3.89. The van der Waals surface area contributed by atoms with E-state index in [0.29, 0.717) is 0 Å². The topological polar surface area (TPSA) is 75.3 Å². The first-order valence-electron chi connectivity index (χ1n) is 7.96. The normalized spacial score (nSPS) is 11.6. The molecule has 0 saturated heterocycles. The van der Waals surface area contributed by atoms with Crippen LogP contribution in [0.3, 0.4) is 0 Å². The van der Waals surface area contributed by atoms with E-state index >= 15 is 0 Å². The standard InChI is InChI=1S/C19H22N2O3S/c1-15-8-9-18(16(2)14-15)21-19(22)10-12-20-25(23,24)13-11-17-6-4-3-5-7-17/h3-9,11,13-14,20H,10,12H2,1-2H3,(H,21,22)/b13-11+. The maximum Gasteiger partial charge on any atom is 0.233 e. The predicted octanol–water partition coefficient (Wildman–Crippen LogP) is 3.22. The van der Waals surface area contributed by atoms with Gasteiger partial charge in [-0.1, -0.05) is 48.0 Å². The Kier molecular flexibility index (Phi) is 6.50. The number of hydrogen-bond acceptors (Lipinski definition) is 3. The Hall–Kier alpha value is -2.44. The van der Waals surface area contributed by atoms with E-state index in [1.165, 1.54) is 6.08 Å². The molecule has 0 radical (unpaired) electrons. The number of carbonyl (C=O) groups excluding carboxylic acids is 1. The minimum absolute atomic E-state index is 0.0399. The van der Waals surface area contributed by atoms with E-state index in [4.69, 9.17) is 0 Å². The third-order valence-electron chi connectivity index (χ3n) is 3.55. The number of carbonyl (C=O) groups is 1. The van der Waals surface area contributed by atoms with Crippen LogP contribution in [-0.4, -0.2) is 20.9 Å². The average molecular weight is 358 g/mol. The molecule has 0 aliphatic rings. The molecule has 0 unspecified atom stereocenters. The Morgan fingerprint density at radius 1 is 1.08 bits per heavy atom. The van der Waals surface area contributed by atoms with Crippen LogP contribution in [0.4, 0.5) is 5.69 Å². The first-order valence-corrected chi connectivity index (χ1v) is 9.50. The summed E-state index contributed by atoms with van der Waals surface area (Å²) in [6.07, 6.45) is 1.57. The third-order valence-corrected chi connectivity index (χ3v) is 4.65. The molecule has 6 heteroatoms. The van der Waals surface area contributed by atoms with Gasteiger partial charge in [0.15, 0.2) is 0 Å². The van der Waals surface area contributed by atoms with Crippen LogP contribution < -0.4 is 10.0 Å². The zero-order valence-corrected chi connectivity index (χ0v) is 15.1. The lowest BCUT2D eigenvalue weighted by atomic mass is 10.1. The minimum Gasteiger partial charge on any atom is -0.326 e. The van der Waals surface area contributed by atoms with Crippen molar-refractivity contribution >= 4 is 27.7 Å². The summed E-state index contributed by atoms with van der Waals surface area (Å²) in [6.45, 7) is 3.94. The molecular weight excluding hydrogens is 336 g/mol. The van der Waals surface area contributed by atoms with Crippen LogP contribution in [-0.2, 0) is 14.8 Å². The van der Waals surface area contributed by atoms with E-state index < -0.39 is 10.0 Å². The number of benzene rings is 2. The molecule has 0 spiro atoms. The van der Waals surface area contributed by atoms with Crippen molar-refractivity contribution in [3.63, 3.8) is 0 Å². The number of rotatable bonds is 7. The summed E-state index contributed by atoms with van der Waals surface area (Å²) in [5.74, 6) is -0.235. The number of hydrogen-bond donors (Lipinski definition) is 2. The van der Waals surface area contributed by atoms with Crippen molar-refractivity contribution in [3.8, 4) is 0 Å². The smallest absolute Gasteiger partial charge is 0.233 e. The van der Waals surface area contributed by atoms with Gasteiger partial charge < -0.3 is 5.32 Å². The van der Waals surface area contributed by atoms with Crippen molar-refractivity contribution in [2.75, 3.05) is 11.9 Å². The number of anilines is 1. The molecular formula is C19H22N2O3S. The molecule has 2 aromatic carbocycles. The van der Waals surface area contributed by atoms with Gasteiger partial charge in [0.2, 0.25) is 15.9 Å². The fourth-order valence-electron chi connectivity index (χ4n) is 2.25. The summed E-state index contributed by atoms with van der Waals surface area (Å²) in [4.78, 5) is 12.0. The molecule has 0 heterocycles. The molecule has 2 aromatic rings. The minimum atomic E-state index is -3.57. The first kappa shape index (κ1) is 18.9. The second-order valence-electron chi connectivity index (χ2n) is 5.77. The second-order valence-corrected chi connectivity index (χ2v) is 7.42. The highest BCUT2D eigenvalue weighted by atomic mass is 32.2. The van der Waals surface area contributed by atoms with Crippen molar-refractivity contribution in [3.05, 3.63) is 70.6 Å². The maximum absolute atomic E-state index is 12.0. The molecule has 2 N–H and O–H groups in total. The molecule has 0 aliphatic carbocycles. The molecule has 25 heavy (non-hydrogen) atoms. The van der Waals surface area contributed by atoms with Crippen molar-refractivity contribution < 1.29 is 13.2 Å². The van der Waals surface area contributed by atoms with E-state index in [0.717, 1.165) is 27.8 Å². The lowest BCUT2D eigenvalue weighted by molar-refractivity contribution is -0.116. The highest BCUT2D eigenvalue weighted by Crippen LogP contribution is 2.16. The van der Waals surface area contributed by atoms with Crippen molar-refractivity contribution in [1.82, 2.24) is 4.72 Å². The van der Waals surface area contributed by atoms with Crippen LogP contribution in [0.5, 0.6) is 0 Å². The Bertz CT molecular complexity index is 859. The summed E-state index contributed by atoms with van der Waals surface area (Å²) < 4.78 is 26.2. The number of nitrogens with one attached hydrogen (secondary N) is 2. The fraction of sp³-hybridized carbons (Fsp3) is 0.211. The van der Waals surface area contributed by atoms with Gasteiger partial charge in [-0.3, -0.25) is 4.79 Å². The molecule has 2 rings (SSSR count). The molecule has 0 aromatic heterocycles. The van der Waals surface area contributed by atoms with Gasteiger partial charge in [0.25, 0.3) is 0 Å². The first-order chi connectivity index (χ1) is 11.9. The summed E-state index contributed by atoms with van der Waals surface area (Å²) in [7, 11) is -3.57. The van der Waals surface area contributed by atoms with Crippen LogP contribution >= 0.6 is 0 Å². The van der Waals surface area contributed by atoms with Gasteiger partial charge in [-0.05, 0) is 37.1 Å². The number of sulfonamides is 1. The molecule has 5 nitrogen and oxygen atoms in total. The van der Waals surface area contributed by atoms with Crippen molar-refractivity contribution in [2.45, 2.75) is 20.3 Å². The zero-order valence-electron chi connectivity index (χ0n) is 14.3. The lowest BCUT2D eigenvalue weighted by Crippen LogP contribution is -2.26. The van der Waals surface area contributed by atoms with E-state index in [2.05, 4.69) is 10.0 Å². The average Bonchev–Trinajstić information content (AvgIpc) is 2.56. The molecule has 132 valence electrons. The monoisotopic (exact) mass is 358 g/mol. The summed E-state index contributed by atoms with van der Waals surface area (Å²) in [5.41, 5.74) is 3.62. The van der Waals surface area contributed by atoms with Gasteiger partial charge in [-0.2, -0.15) is 0 Å². The van der Waals surface area contributed by atoms with Gasteiger partial charge in [0.05, 0.1) is 0 Å². The van der Waals surface area contributed by atoms with E-state index in [-0.39, 0.29) is 18.9 Å². The molecule has 1 amide bonds. The van der Waals surface area contributed by atoms with Gasteiger partial charge in [-0.25, -0.2) is 13.1 Å². The van der Waals surface area contributed by atoms with Gasteiger partial charge >= 0.3 is 0 Å².